The molecule has 0 aromatic heterocycles. The summed E-state index contributed by atoms with van der Waals surface area (Å²) >= 11 is 0. The lowest BCUT2D eigenvalue weighted by molar-refractivity contribution is -0.141. The highest BCUT2D eigenvalue weighted by Crippen LogP contribution is 2.03. The molecule has 0 aliphatic heterocycles. The first-order valence-electron chi connectivity index (χ1n) is 3.21. The number of methoxy groups -OCH3 is 1. The van der Waals surface area contributed by atoms with Gasteiger partial charge in [-0.3, -0.25) is 4.79 Å². The van der Waals surface area contributed by atoms with E-state index in [2.05, 4.69) is 4.74 Å². The van der Waals surface area contributed by atoms with Gasteiger partial charge in [-0.25, -0.2) is 9.59 Å². The van der Waals surface area contributed by atoms with Crippen molar-refractivity contribution in [2.45, 2.75) is 6.42 Å². The standard InChI is InChI=1S/C7H8O6/c1-13-7(12)4(2-5(8)9)3-6(10)11/h2H,3H2,1H3,(H,8,9)(H,10,11). The van der Waals surface area contributed by atoms with Crippen LogP contribution in [0.5, 0.6) is 0 Å². The van der Waals surface area contributed by atoms with Crippen LogP contribution in [-0.4, -0.2) is 35.2 Å². The highest BCUT2D eigenvalue weighted by molar-refractivity contribution is 5.98. The molecule has 6 nitrogen and oxygen atoms in total. The van der Waals surface area contributed by atoms with Crippen LogP contribution < -0.4 is 0 Å². The van der Waals surface area contributed by atoms with Gasteiger partial charge in [-0.05, 0) is 0 Å². The second-order valence-corrected chi connectivity index (χ2v) is 2.07. The van der Waals surface area contributed by atoms with E-state index >= 15 is 0 Å². The Bertz CT molecular complexity index is 264. The normalized spacial score (nSPS) is 10.7. The molecule has 0 saturated carbocycles. The highest BCUT2D eigenvalue weighted by Gasteiger charge is 2.14. The van der Waals surface area contributed by atoms with Crippen molar-refractivity contribution in [1.29, 1.82) is 0 Å². The van der Waals surface area contributed by atoms with Crippen molar-refractivity contribution in [3.05, 3.63) is 11.6 Å². The van der Waals surface area contributed by atoms with Gasteiger partial charge in [0, 0.05) is 6.08 Å². The van der Waals surface area contributed by atoms with Crippen molar-refractivity contribution in [1.82, 2.24) is 0 Å². The van der Waals surface area contributed by atoms with Gasteiger partial charge in [-0.1, -0.05) is 0 Å². The van der Waals surface area contributed by atoms with Crippen molar-refractivity contribution < 1.29 is 29.3 Å². The van der Waals surface area contributed by atoms with E-state index in [4.69, 9.17) is 10.2 Å². The Morgan fingerprint density at radius 2 is 1.85 bits per heavy atom. The molecule has 6 heteroatoms. The van der Waals surface area contributed by atoms with E-state index in [0.717, 1.165) is 7.11 Å². The quantitative estimate of drug-likeness (QED) is 0.461. The van der Waals surface area contributed by atoms with Crippen LogP contribution in [0.1, 0.15) is 6.42 Å². The first kappa shape index (κ1) is 11.2. The zero-order valence-electron chi connectivity index (χ0n) is 6.81. The fraction of sp³-hybridized carbons (Fsp3) is 0.286. The summed E-state index contributed by atoms with van der Waals surface area (Å²) in [7, 11) is 1.04. The van der Waals surface area contributed by atoms with Gasteiger partial charge in [-0.2, -0.15) is 0 Å². The summed E-state index contributed by atoms with van der Waals surface area (Å²) in [4.78, 5) is 31.1. The van der Waals surface area contributed by atoms with Crippen molar-refractivity contribution in [2.24, 2.45) is 0 Å². The van der Waals surface area contributed by atoms with Crippen LogP contribution >= 0.6 is 0 Å². The third-order valence-electron chi connectivity index (χ3n) is 1.09. The smallest absolute Gasteiger partial charge is 0.334 e. The first-order chi connectivity index (χ1) is 5.97. The average Bonchev–Trinajstić information content (AvgIpc) is 2.00. The summed E-state index contributed by atoms with van der Waals surface area (Å²) in [5.74, 6) is -3.63. The number of carboxylic acid groups (broad SMARTS) is 2. The minimum atomic E-state index is -1.39. The summed E-state index contributed by atoms with van der Waals surface area (Å²) in [6.45, 7) is 0. The van der Waals surface area contributed by atoms with E-state index < -0.39 is 29.9 Å². The lowest BCUT2D eigenvalue weighted by Gasteiger charge is -1.99. The molecule has 0 amide bonds. The number of hydrogen-bond donors (Lipinski definition) is 2. The fourth-order valence-corrected chi connectivity index (χ4v) is 0.625. The molecule has 0 radical (unpaired) electrons. The maximum atomic E-state index is 10.8. The number of ether oxygens (including phenoxy) is 1. The van der Waals surface area contributed by atoms with Crippen molar-refractivity contribution >= 4 is 17.9 Å². The molecular weight excluding hydrogens is 180 g/mol. The van der Waals surface area contributed by atoms with Crippen LogP contribution in [0.15, 0.2) is 11.6 Å². The zero-order valence-corrected chi connectivity index (χ0v) is 6.81. The Morgan fingerprint density at radius 1 is 1.31 bits per heavy atom. The van der Waals surface area contributed by atoms with E-state index in [0.29, 0.717) is 6.08 Å². The van der Waals surface area contributed by atoms with Gasteiger partial charge < -0.3 is 14.9 Å². The molecule has 0 unspecified atom stereocenters. The van der Waals surface area contributed by atoms with E-state index in [-0.39, 0.29) is 0 Å². The van der Waals surface area contributed by atoms with Gasteiger partial charge in [0.1, 0.15) is 0 Å². The molecule has 0 fully saturated rings. The Morgan fingerprint density at radius 3 is 2.15 bits per heavy atom. The van der Waals surface area contributed by atoms with Gasteiger partial charge in [0.25, 0.3) is 0 Å². The molecule has 0 aromatic rings. The molecule has 72 valence electrons. The number of hydrogen-bond acceptors (Lipinski definition) is 4. The average molecular weight is 188 g/mol. The van der Waals surface area contributed by atoms with Gasteiger partial charge in [-0.15, -0.1) is 0 Å². The van der Waals surface area contributed by atoms with Crippen molar-refractivity contribution in [3.8, 4) is 0 Å². The largest absolute Gasteiger partial charge is 0.481 e. The molecule has 0 aromatic carbocycles. The first-order valence-corrected chi connectivity index (χ1v) is 3.21. The maximum Gasteiger partial charge on any atom is 0.334 e. The Hall–Kier alpha value is -1.85. The number of carboxylic acids is 2. The molecule has 0 bridgehead atoms. The van der Waals surface area contributed by atoms with Crippen LogP contribution in [-0.2, 0) is 19.1 Å². The number of carbonyl (C=O) groups excluding carboxylic acids is 1. The van der Waals surface area contributed by atoms with Gasteiger partial charge in [0.2, 0.25) is 0 Å². The van der Waals surface area contributed by atoms with Crippen molar-refractivity contribution in [2.75, 3.05) is 7.11 Å². The van der Waals surface area contributed by atoms with E-state index in [1.165, 1.54) is 0 Å². The molecule has 0 aliphatic rings. The topological polar surface area (TPSA) is 101 Å². The van der Waals surface area contributed by atoms with E-state index in [1.807, 2.05) is 0 Å². The maximum absolute atomic E-state index is 10.8. The third-order valence-corrected chi connectivity index (χ3v) is 1.09. The number of esters is 1. The van der Waals surface area contributed by atoms with Gasteiger partial charge in [0.15, 0.2) is 0 Å². The Labute approximate surface area is 73.4 Å². The lowest BCUT2D eigenvalue weighted by Crippen LogP contribution is -2.11. The number of aliphatic carboxylic acids is 2. The Balaban J connectivity index is 4.65. The molecular formula is C7H8O6. The predicted octanol–water partition coefficient (Wildman–Crippen LogP) is -0.355. The number of carbonyl (C=O) groups is 3. The molecule has 13 heavy (non-hydrogen) atoms. The van der Waals surface area contributed by atoms with E-state index in [9.17, 15) is 14.4 Å². The molecule has 0 aliphatic carbocycles. The molecule has 2 N–H and O–H groups in total. The lowest BCUT2D eigenvalue weighted by atomic mass is 10.2. The highest BCUT2D eigenvalue weighted by atomic mass is 16.5. The number of rotatable bonds is 4. The Kier molecular flexibility index (Phi) is 4.21. The van der Waals surface area contributed by atoms with Gasteiger partial charge >= 0.3 is 17.9 Å². The van der Waals surface area contributed by atoms with E-state index in [1.54, 1.807) is 0 Å². The minimum Gasteiger partial charge on any atom is -0.481 e. The summed E-state index contributed by atoms with van der Waals surface area (Å²) in [5, 5.41) is 16.6. The predicted molar refractivity (Wildman–Crippen MR) is 40.0 cm³/mol. The molecule has 0 rings (SSSR count). The van der Waals surface area contributed by atoms with Crippen LogP contribution in [0.2, 0.25) is 0 Å². The SMILES string of the molecule is COC(=O)C(=CC(=O)O)CC(=O)O. The second-order valence-electron chi connectivity index (χ2n) is 2.07. The molecule has 0 heterocycles. The molecule has 0 saturated heterocycles. The van der Waals surface area contributed by atoms with Crippen LogP contribution in [0, 0.1) is 0 Å². The fourth-order valence-electron chi connectivity index (χ4n) is 0.625. The monoisotopic (exact) mass is 188 g/mol. The third kappa shape index (κ3) is 4.57. The summed E-state index contributed by atoms with van der Waals surface area (Å²) in [6, 6.07) is 0. The summed E-state index contributed by atoms with van der Waals surface area (Å²) < 4.78 is 4.18. The van der Waals surface area contributed by atoms with Crippen LogP contribution in [0.25, 0.3) is 0 Å². The van der Waals surface area contributed by atoms with Crippen LogP contribution in [0.3, 0.4) is 0 Å². The summed E-state index contributed by atoms with van der Waals surface area (Å²) in [6.07, 6.45) is -0.154. The minimum absolute atomic E-state index is 0.400. The zero-order chi connectivity index (χ0) is 10.4. The molecule has 0 atom stereocenters. The second kappa shape index (κ2) is 4.91. The van der Waals surface area contributed by atoms with Gasteiger partial charge in [0.05, 0.1) is 19.1 Å². The van der Waals surface area contributed by atoms with Crippen LogP contribution in [0.4, 0.5) is 0 Å². The molecule has 0 spiro atoms. The summed E-state index contributed by atoms with van der Waals surface area (Å²) in [5.41, 5.74) is -0.400. The van der Waals surface area contributed by atoms with Crippen molar-refractivity contribution in [3.63, 3.8) is 0 Å².